The summed E-state index contributed by atoms with van der Waals surface area (Å²) in [4.78, 5) is 8.62. The maximum absolute atomic E-state index is 9.23. The highest BCUT2D eigenvalue weighted by molar-refractivity contribution is 6.32. The van der Waals surface area contributed by atoms with Gasteiger partial charge in [0.05, 0.1) is 19.9 Å². The molecule has 1 heterocycles. The molecule has 0 amide bonds. The summed E-state index contributed by atoms with van der Waals surface area (Å²) in [6.07, 6.45) is 1.54. The van der Waals surface area contributed by atoms with Gasteiger partial charge < -0.3 is 20.5 Å². The Labute approximate surface area is 156 Å². The molecule has 0 radical (unpaired) electrons. The lowest BCUT2D eigenvalue weighted by molar-refractivity contribution is 0.282. The van der Waals surface area contributed by atoms with Gasteiger partial charge in [-0.25, -0.2) is 4.98 Å². The molecule has 0 unspecified atom stereocenters. The Morgan fingerprint density at radius 3 is 2.73 bits per heavy atom. The van der Waals surface area contributed by atoms with Crippen LogP contribution in [0.4, 0.5) is 17.5 Å². The number of hydrogen-bond donors (Lipinski definition) is 3. The number of halogens is 1. The van der Waals surface area contributed by atoms with E-state index < -0.39 is 0 Å². The molecule has 1 aromatic heterocycles. The average Bonchev–Trinajstić information content (AvgIpc) is 2.68. The number of benzene rings is 2. The number of nitrogens with zero attached hydrogens (tertiary/aromatic N) is 2. The van der Waals surface area contributed by atoms with Crippen LogP contribution in [0.1, 0.15) is 11.1 Å². The zero-order valence-corrected chi connectivity index (χ0v) is 15.0. The first kappa shape index (κ1) is 18.0. The SMILES string of the molecule is COc1cccc(CNc2nc(Nc3cccc(CO)c3)ncc2Cl)c1. The summed E-state index contributed by atoms with van der Waals surface area (Å²) in [5, 5.41) is 16.0. The molecule has 0 spiro atoms. The van der Waals surface area contributed by atoms with Crippen molar-refractivity contribution in [2.45, 2.75) is 13.2 Å². The molecule has 6 nitrogen and oxygen atoms in total. The minimum absolute atomic E-state index is 0.0235. The molecule has 7 heteroatoms. The van der Waals surface area contributed by atoms with Gasteiger partial charge in [0.15, 0.2) is 5.82 Å². The van der Waals surface area contributed by atoms with Gasteiger partial charge in [0.25, 0.3) is 0 Å². The number of ether oxygens (including phenoxy) is 1. The van der Waals surface area contributed by atoms with Crippen molar-refractivity contribution in [1.82, 2.24) is 9.97 Å². The zero-order valence-electron chi connectivity index (χ0n) is 14.2. The molecule has 0 saturated heterocycles. The molecule has 0 aliphatic carbocycles. The van der Waals surface area contributed by atoms with Crippen molar-refractivity contribution in [3.8, 4) is 5.75 Å². The molecule has 0 bridgehead atoms. The van der Waals surface area contributed by atoms with Gasteiger partial charge in [0, 0.05) is 12.2 Å². The van der Waals surface area contributed by atoms with Gasteiger partial charge in [0.1, 0.15) is 10.8 Å². The monoisotopic (exact) mass is 370 g/mol. The molecule has 3 aromatic rings. The van der Waals surface area contributed by atoms with E-state index in [0.29, 0.717) is 23.3 Å². The van der Waals surface area contributed by atoms with Crippen LogP contribution in [0.5, 0.6) is 5.75 Å². The Balaban J connectivity index is 1.72. The molecular formula is C19H19ClN4O2. The largest absolute Gasteiger partial charge is 0.497 e. The molecule has 134 valence electrons. The smallest absolute Gasteiger partial charge is 0.229 e. The van der Waals surface area contributed by atoms with Gasteiger partial charge in [-0.1, -0.05) is 35.9 Å². The van der Waals surface area contributed by atoms with E-state index >= 15 is 0 Å². The van der Waals surface area contributed by atoms with Crippen molar-refractivity contribution in [3.05, 3.63) is 70.9 Å². The first-order valence-electron chi connectivity index (χ1n) is 8.04. The third-order valence-corrected chi connectivity index (χ3v) is 3.98. The van der Waals surface area contributed by atoms with Crippen LogP contribution < -0.4 is 15.4 Å². The second-order valence-corrected chi connectivity index (χ2v) is 5.99. The van der Waals surface area contributed by atoms with Crippen LogP contribution in [0.3, 0.4) is 0 Å². The molecular weight excluding hydrogens is 352 g/mol. The lowest BCUT2D eigenvalue weighted by atomic mass is 10.2. The highest BCUT2D eigenvalue weighted by Gasteiger charge is 2.07. The second-order valence-electron chi connectivity index (χ2n) is 5.58. The summed E-state index contributed by atoms with van der Waals surface area (Å²) >= 11 is 6.20. The van der Waals surface area contributed by atoms with Crippen molar-refractivity contribution >= 4 is 29.1 Å². The van der Waals surface area contributed by atoms with Crippen molar-refractivity contribution in [2.24, 2.45) is 0 Å². The van der Waals surface area contributed by atoms with E-state index in [4.69, 9.17) is 16.3 Å². The second kappa shape index (κ2) is 8.51. The van der Waals surface area contributed by atoms with Crippen molar-refractivity contribution in [2.75, 3.05) is 17.7 Å². The number of methoxy groups -OCH3 is 1. The number of rotatable bonds is 7. The molecule has 3 rings (SSSR count). The van der Waals surface area contributed by atoms with Gasteiger partial charge in [-0.05, 0) is 35.4 Å². The van der Waals surface area contributed by atoms with E-state index in [0.717, 1.165) is 22.6 Å². The Bertz CT molecular complexity index is 889. The Morgan fingerprint density at radius 1 is 1.12 bits per heavy atom. The zero-order chi connectivity index (χ0) is 18.4. The quantitative estimate of drug-likeness (QED) is 0.583. The van der Waals surface area contributed by atoms with Gasteiger partial charge >= 0.3 is 0 Å². The Kier molecular flexibility index (Phi) is 5.88. The van der Waals surface area contributed by atoms with Crippen molar-refractivity contribution < 1.29 is 9.84 Å². The third-order valence-electron chi connectivity index (χ3n) is 3.70. The lowest BCUT2D eigenvalue weighted by Crippen LogP contribution is -2.05. The van der Waals surface area contributed by atoms with Gasteiger partial charge in [-0.2, -0.15) is 4.98 Å². The molecule has 0 atom stereocenters. The summed E-state index contributed by atoms with van der Waals surface area (Å²) < 4.78 is 5.23. The predicted octanol–water partition coefficient (Wildman–Crippen LogP) is 3.99. The van der Waals surface area contributed by atoms with E-state index in [1.165, 1.54) is 0 Å². The average molecular weight is 371 g/mol. The van der Waals surface area contributed by atoms with E-state index in [1.54, 1.807) is 13.3 Å². The standard InChI is InChI=1S/C19H19ClN4O2/c1-26-16-7-3-4-13(9-16)10-21-18-17(20)11-22-19(24-18)23-15-6-2-5-14(8-15)12-25/h2-9,11,25H,10,12H2,1H3,(H2,21,22,23,24). The molecule has 26 heavy (non-hydrogen) atoms. The van der Waals surface area contributed by atoms with Gasteiger partial charge in [-0.3, -0.25) is 0 Å². The lowest BCUT2D eigenvalue weighted by Gasteiger charge is -2.11. The molecule has 0 aliphatic heterocycles. The van der Waals surface area contributed by atoms with Crippen LogP contribution in [0.25, 0.3) is 0 Å². The number of aliphatic hydroxyl groups excluding tert-OH is 1. The normalized spacial score (nSPS) is 10.4. The fourth-order valence-corrected chi connectivity index (χ4v) is 2.55. The number of anilines is 3. The highest BCUT2D eigenvalue weighted by Crippen LogP contribution is 2.23. The molecule has 2 aromatic carbocycles. The van der Waals surface area contributed by atoms with Crippen LogP contribution in [-0.4, -0.2) is 22.2 Å². The van der Waals surface area contributed by atoms with E-state index in [-0.39, 0.29) is 6.61 Å². The minimum atomic E-state index is -0.0235. The molecule has 0 fully saturated rings. The highest BCUT2D eigenvalue weighted by atomic mass is 35.5. The number of hydrogen-bond acceptors (Lipinski definition) is 6. The van der Waals surface area contributed by atoms with E-state index in [2.05, 4.69) is 20.6 Å². The summed E-state index contributed by atoms with van der Waals surface area (Å²) in [5.74, 6) is 1.74. The van der Waals surface area contributed by atoms with Crippen LogP contribution >= 0.6 is 11.6 Å². The van der Waals surface area contributed by atoms with Crippen LogP contribution in [0.15, 0.2) is 54.7 Å². The van der Waals surface area contributed by atoms with Gasteiger partial charge in [0.2, 0.25) is 5.95 Å². The van der Waals surface area contributed by atoms with Crippen LogP contribution in [0, 0.1) is 0 Å². The number of aliphatic hydroxyl groups is 1. The van der Waals surface area contributed by atoms with E-state index in [9.17, 15) is 5.11 Å². The Hall–Kier alpha value is -2.83. The summed E-state index contributed by atoms with van der Waals surface area (Å²) in [5.41, 5.74) is 2.64. The van der Waals surface area contributed by atoms with Crippen molar-refractivity contribution in [3.63, 3.8) is 0 Å². The Morgan fingerprint density at radius 2 is 1.92 bits per heavy atom. The first-order valence-corrected chi connectivity index (χ1v) is 8.42. The summed E-state index contributed by atoms with van der Waals surface area (Å²) in [6, 6.07) is 15.2. The molecule has 0 saturated carbocycles. The van der Waals surface area contributed by atoms with Gasteiger partial charge in [-0.15, -0.1) is 0 Å². The number of aromatic nitrogens is 2. The minimum Gasteiger partial charge on any atom is -0.497 e. The predicted molar refractivity (Wildman–Crippen MR) is 103 cm³/mol. The van der Waals surface area contributed by atoms with Crippen LogP contribution in [0.2, 0.25) is 5.02 Å². The maximum Gasteiger partial charge on any atom is 0.229 e. The third kappa shape index (κ3) is 4.62. The first-order chi connectivity index (χ1) is 12.7. The molecule has 3 N–H and O–H groups in total. The fourth-order valence-electron chi connectivity index (χ4n) is 2.40. The topological polar surface area (TPSA) is 79.3 Å². The van der Waals surface area contributed by atoms with Crippen molar-refractivity contribution in [1.29, 1.82) is 0 Å². The summed E-state index contributed by atoms with van der Waals surface area (Å²) in [6.45, 7) is 0.526. The van der Waals surface area contributed by atoms with E-state index in [1.807, 2.05) is 48.5 Å². The molecule has 0 aliphatic rings. The fraction of sp³-hybridized carbons (Fsp3) is 0.158. The maximum atomic E-state index is 9.23. The number of nitrogens with one attached hydrogen (secondary N) is 2. The summed E-state index contributed by atoms with van der Waals surface area (Å²) in [7, 11) is 1.64. The van der Waals surface area contributed by atoms with Crippen LogP contribution in [-0.2, 0) is 13.2 Å².